The van der Waals surface area contributed by atoms with Crippen molar-refractivity contribution in [2.75, 3.05) is 0 Å². The van der Waals surface area contributed by atoms with Crippen molar-refractivity contribution >= 4 is 29.0 Å². The molecule has 0 fully saturated rings. The molecule has 1 heterocycles. The van der Waals surface area contributed by atoms with Crippen molar-refractivity contribution in [1.82, 2.24) is 4.57 Å². The molecule has 0 unspecified atom stereocenters. The minimum Gasteiger partial charge on any atom is -0.507 e. The van der Waals surface area contributed by atoms with E-state index in [1.807, 2.05) is 0 Å². The van der Waals surface area contributed by atoms with Gasteiger partial charge in [0.2, 0.25) is 0 Å². The van der Waals surface area contributed by atoms with Crippen molar-refractivity contribution in [2.45, 2.75) is 0 Å². The van der Waals surface area contributed by atoms with Crippen LogP contribution in [0.4, 0.5) is 0 Å². The van der Waals surface area contributed by atoms with Gasteiger partial charge in [0, 0.05) is 27.5 Å². The molecule has 1 N–H and O–H groups in total. The van der Waals surface area contributed by atoms with E-state index in [1.165, 1.54) is 35.0 Å². The quantitative estimate of drug-likeness (QED) is 0.692. The summed E-state index contributed by atoms with van der Waals surface area (Å²) in [6.45, 7) is 0. The molecule has 0 aliphatic carbocycles. The number of carbonyl (C=O) groups is 1. The van der Waals surface area contributed by atoms with Crippen LogP contribution in [0.5, 0.6) is 5.75 Å². The van der Waals surface area contributed by atoms with Crippen LogP contribution in [0.25, 0.3) is 5.69 Å². The first-order chi connectivity index (χ1) is 12.4. The van der Waals surface area contributed by atoms with E-state index in [2.05, 4.69) is 0 Å². The summed E-state index contributed by atoms with van der Waals surface area (Å²) in [7, 11) is 0. The Morgan fingerprint density at radius 2 is 1.69 bits per heavy atom. The number of phenols is 1. The van der Waals surface area contributed by atoms with Crippen LogP contribution in [0.15, 0.2) is 59.5 Å². The molecule has 0 bridgehead atoms. The average molecular weight is 385 g/mol. The summed E-state index contributed by atoms with van der Waals surface area (Å²) in [5.74, 6) is -0.814. The summed E-state index contributed by atoms with van der Waals surface area (Å²) in [6, 6.07) is 13.4. The minimum atomic E-state index is -0.568. The van der Waals surface area contributed by atoms with E-state index in [1.54, 1.807) is 30.3 Å². The zero-order chi connectivity index (χ0) is 18.8. The summed E-state index contributed by atoms with van der Waals surface area (Å²) in [4.78, 5) is 25.2. The Hall–Kier alpha value is -3.07. The van der Waals surface area contributed by atoms with Crippen molar-refractivity contribution in [1.29, 1.82) is 5.26 Å². The number of nitrogens with zero attached hydrogens (tertiary/aromatic N) is 2. The zero-order valence-electron chi connectivity index (χ0n) is 13.1. The molecule has 0 radical (unpaired) electrons. The van der Waals surface area contributed by atoms with Gasteiger partial charge in [0.1, 0.15) is 17.4 Å². The van der Waals surface area contributed by atoms with Crippen molar-refractivity contribution in [3.8, 4) is 17.5 Å². The number of hydrogen-bond acceptors (Lipinski definition) is 4. The van der Waals surface area contributed by atoms with Gasteiger partial charge in [-0.05, 0) is 48.5 Å². The van der Waals surface area contributed by atoms with Crippen LogP contribution >= 0.6 is 23.2 Å². The lowest BCUT2D eigenvalue weighted by molar-refractivity contribution is 0.103. The van der Waals surface area contributed by atoms with Crippen LogP contribution in [-0.2, 0) is 0 Å². The van der Waals surface area contributed by atoms with Gasteiger partial charge in [-0.3, -0.25) is 14.2 Å². The lowest BCUT2D eigenvalue weighted by atomic mass is 10.0. The third-order valence-electron chi connectivity index (χ3n) is 3.71. The molecule has 0 saturated carbocycles. The number of halogens is 2. The van der Waals surface area contributed by atoms with E-state index in [0.717, 1.165) is 0 Å². The van der Waals surface area contributed by atoms with Crippen molar-refractivity contribution in [3.63, 3.8) is 0 Å². The van der Waals surface area contributed by atoms with Gasteiger partial charge in [-0.1, -0.05) is 23.2 Å². The number of benzene rings is 2. The molecule has 3 rings (SSSR count). The van der Waals surface area contributed by atoms with Crippen molar-refractivity contribution < 1.29 is 9.90 Å². The fourth-order valence-electron chi connectivity index (χ4n) is 2.43. The highest BCUT2D eigenvalue weighted by molar-refractivity contribution is 6.31. The normalized spacial score (nSPS) is 10.3. The number of carbonyl (C=O) groups excluding carboxylic acids is 1. The number of aromatic hydroxyl groups is 1. The number of hydrogen-bond donors (Lipinski definition) is 1. The molecule has 0 spiro atoms. The van der Waals surface area contributed by atoms with Gasteiger partial charge in [-0.15, -0.1) is 0 Å². The molecule has 128 valence electrons. The highest BCUT2D eigenvalue weighted by atomic mass is 35.5. The smallest absolute Gasteiger partial charge is 0.273 e. The molecule has 0 amide bonds. The zero-order valence-corrected chi connectivity index (χ0v) is 14.6. The van der Waals surface area contributed by atoms with Gasteiger partial charge < -0.3 is 5.11 Å². The average Bonchev–Trinajstić information content (AvgIpc) is 2.64. The molecule has 7 heteroatoms. The maximum absolute atomic E-state index is 12.8. The van der Waals surface area contributed by atoms with E-state index in [9.17, 15) is 20.0 Å². The summed E-state index contributed by atoms with van der Waals surface area (Å²) < 4.78 is 1.18. The van der Waals surface area contributed by atoms with Gasteiger partial charge in [0.05, 0.1) is 5.56 Å². The minimum absolute atomic E-state index is 0.0253. The second kappa shape index (κ2) is 7.04. The maximum Gasteiger partial charge on any atom is 0.273 e. The maximum atomic E-state index is 12.8. The summed E-state index contributed by atoms with van der Waals surface area (Å²) in [5, 5.41) is 19.9. The summed E-state index contributed by atoms with van der Waals surface area (Å²) in [5.41, 5.74) is -0.286. The Labute approximate surface area is 158 Å². The number of nitriles is 1. The van der Waals surface area contributed by atoms with Gasteiger partial charge in [-0.2, -0.15) is 5.26 Å². The SMILES string of the molecule is N#Cc1cc(C(=O)c2cc(Cl)ccc2O)cn(-c2ccc(Cl)cc2)c1=O. The molecule has 0 atom stereocenters. The van der Waals surface area contributed by atoms with Crippen molar-refractivity contribution in [2.24, 2.45) is 0 Å². The number of ketones is 1. The topological polar surface area (TPSA) is 83.1 Å². The van der Waals surface area contributed by atoms with Crippen LogP contribution in [0.3, 0.4) is 0 Å². The summed E-state index contributed by atoms with van der Waals surface area (Å²) in [6.07, 6.45) is 1.31. The van der Waals surface area contributed by atoms with Crippen LogP contribution < -0.4 is 5.56 Å². The molecule has 0 aliphatic heterocycles. The molecule has 0 saturated heterocycles. The molecule has 5 nitrogen and oxygen atoms in total. The van der Waals surface area contributed by atoms with Crippen LogP contribution in [0.1, 0.15) is 21.5 Å². The molecule has 3 aromatic rings. The van der Waals surface area contributed by atoms with E-state index >= 15 is 0 Å². The second-order valence-corrected chi connectivity index (χ2v) is 6.27. The third-order valence-corrected chi connectivity index (χ3v) is 4.19. The Bertz CT molecular complexity index is 1110. The van der Waals surface area contributed by atoms with Crippen LogP contribution in [0.2, 0.25) is 10.0 Å². The molecule has 0 aliphatic rings. The largest absolute Gasteiger partial charge is 0.507 e. The number of rotatable bonds is 3. The van der Waals surface area contributed by atoms with Crippen molar-refractivity contribution in [3.05, 3.63) is 91.8 Å². The van der Waals surface area contributed by atoms with E-state index in [4.69, 9.17) is 23.2 Å². The molecule has 2 aromatic carbocycles. The monoisotopic (exact) mass is 384 g/mol. The molecular formula is C19H10Cl2N2O3. The lowest BCUT2D eigenvalue weighted by Crippen LogP contribution is -2.22. The molecule has 1 aromatic heterocycles. The van der Waals surface area contributed by atoms with Crippen LogP contribution in [0, 0.1) is 11.3 Å². The van der Waals surface area contributed by atoms with E-state index in [-0.39, 0.29) is 27.5 Å². The lowest BCUT2D eigenvalue weighted by Gasteiger charge is -2.10. The molecular weight excluding hydrogens is 375 g/mol. The predicted octanol–water partition coefficient (Wildman–Crippen LogP) is 3.95. The van der Waals surface area contributed by atoms with Gasteiger partial charge in [0.15, 0.2) is 5.78 Å². The number of aromatic nitrogens is 1. The first kappa shape index (κ1) is 17.7. The van der Waals surface area contributed by atoms with Crippen LogP contribution in [-0.4, -0.2) is 15.5 Å². The standard InChI is InChI=1S/C19H10Cl2N2O3/c20-13-1-4-15(5-2-13)23-10-12(7-11(9-22)19(23)26)18(25)16-8-14(21)3-6-17(16)24/h1-8,10,24H. The highest BCUT2D eigenvalue weighted by Gasteiger charge is 2.18. The summed E-state index contributed by atoms with van der Waals surface area (Å²) >= 11 is 11.7. The third kappa shape index (κ3) is 3.33. The second-order valence-electron chi connectivity index (χ2n) is 5.40. The first-order valence-electron chi connectivity index (χ1n) is 7.36. The molecule has 26 heavy (non-hydrogen) atoms. The Morgan fingerprint density at radius 1 is 1.04 bits per heavy atom. The van der Waals surface area contributed by atoms with Gasteiger partial charge in [0.25, 0.3) is 5.56 Å². The fourth-order valence-corrected chi connectivity index (χ4v) is 2.72. The first-order valence-corrected chi connectivity index (χ1v) is 8.12. The Kier molecular flexibility index (Phi) is 4.81. The van der Waals surface area contributed by atoms with E-state index in [0.29, 0.717) is 10.7 Å². The Balaban J connectivity index is 2.20. The number of phenolic OH excluding ortho intramolecular Hbond substituents is 1. The van der Waals surface area contributed by atoms with Gasteiger partial charge >= 0.3 is 0 Å². The van der Waals surface area contributed by atoms with Gasteiger partial charge in [-0.25, -0.2) is 0 Å². The predicted molar refractivity (Wildman–Crippen MR) is 98.3 cm³/mol. The highest BCUT2D eigenvalue weighted by Crippen LogP contribution is 2.24. The number of pyridine rings is 1. The Morgan fingerprint density at radius 3 is 2.35 bits per heavy atom. The fraction of sp³-hybridized carbons (Fsp3) is 0. The van der Waals surface area contributed by atoms with E-state index < -0.39 is 11.3 Å².